The van der Waals surface area contributed by atoms with Crippen LogP contribution in [0.25, 0.3) is 0 Å². The lowest BCUT2D eigenvalue weighted by Crippen LogP contribution is -2.27. The Balaban J connectivity index is 1.95. The smallest absolute Gasteiger partial charge is 0.216 e. The van der Waals surface area contributed by atoms with E-state index in [0.717, 1.165) is 32.5 Å². The highest BCUT2D eigenvalue weighted by molar-refractivity contribution is 5.72. The molecule has 0 aromatic rings. The molecular weight excluding hydrogens is 170 g/mol. The van der Waals surface area contributed by atoms with Gasteiger partial charge in [-0.25, -0.2) is 0 Å². The van der Waals surface area contributed by atoms with Crippen LogP contribution in [0, 0.1) is 0 Å². The third-order valence-electron chi connectivity index (χ3n) is 1.89. The van der Waals surface area contributed by atoms with Crippen LogP contribution in [0.15, 0.2) is 0 Å². The molecule has 13 heavy (non-hydrogen) atoms. The molecule has 1 saturated heterocycles. The maximum atomic E-state index is 10.5. The van der Waals surface area contributed by atoms with Crippen molar-refractivity contribution in [1.82, 2.24) is 5.32 Å². The van der Waals surface area contributed by atoms with Crippen molar-refractivity contribution in [2.75, 3.05) is 19.8 Å². The van der Waals surface area contributed by atoms with E-state index in [2.05, 4.69) is 5.32 Å². The molecule has 1 rings (SSSR count). The van der Waals surface area contributed by atoms with E-state index in [1.54, 1.807) is 0 Å². The second-order valence-electron chi connectivity index (χ2n) is 3.15. The van der Waals surface area contributed by atoms with E-state index >= 15 is 0 Å². The summed E-state index contributed by atoms with van der Waals surface area (Å²) in [6.07, 6.45) is 2.70. The van der Waals surface area contributed by atoms with Gasteiger partial charge in [0.25, 0.3) is 0 Å². The summed E-state index contributed by atoms with van der Waals surface area (Å²) < 4.78 is 10.7. The van der Waals surface area contributed by atoms with Crippen LogP contribution in [0.1, 0.15) is 26.2 Å². The van der Waals surface area contributed by atoms with Gasteiger partial charge in [0, 0.05) is 19.9 Å². The van der Waals surface area contributed by atoms with Crippen molar-refractivity contribution < 1.29 is 14.3 Å². The fourth-order valence-corrected chi connectivity index (χ4v) is 1.24. The van der Waals surface area contributed by atoms with Crippen molar-refractivity contribution in [3.05, 3.63) is 0 Å². The summed E-state index contributed by atoms with van der Waals surface area (Å²) in [6.45, 7) is 3.82. The molecule has 1 aliphatic rings. The molecule has 0 spiro atoms. The molecule has 0 radical (unpaired) electrons. The van der Waals surface area contributed by atoms with Crippen LogP contribution in [0.3, 0.4) is 0 Å². The predicted octanol–water partition coefficient (Wildman–Crippen LogP) is 0.666. The molecule has 76 valence electrons. The summed E-state index contributed by atoms with van der Waals surface area (Å²) in [6, 6.07) is 0. The Hall–Kier alpha value is -0.610. The fourth-order valence-electron chi connectivity index (χ4n) is 1.24. The van der Waals surface area contributed by atoms with E-state index in [4.69, 9.17) is 9.47 Å². The van der Waals surface area contributed by atoms with Crippen LogP contribution in [0.4, 0.5) is 0 Å². The van der Waals surface area contributed by atoms with E-state index in [0.29, 0.717) is 6.54 Å². The van der Waals surface area contributed by atoms with Crippen molar-refractivity contribution in [3.8, 4) is 0 Å². The summed E-state index contributed by atoms with van der Waals surface area (Å²) in [5.74, 6) is 0.0190. The number of carbonyl (C=O) groups excluding carboxylic acids is 1. The Kier molecular flexibility index (Phi) is 4.78. The average molecular weight is 187 g/mol. The molecule has 1 aliphatic heterocycles. The molecule has 4 heteroatoms. The number of ether oxygens (including phenoxy) is 2. The highest BCUT2D eigenvalue weighted by Crippen LogP contribution is 2.09. The molecule has 1 heterocycles. The Morgan fingerprint density at radius 3 is 2.77 bits per heavy atom. The molecule has 0 unspecified atom stereocenters. The maximum absolute atomic E-state index is 10.5. The topological polar surface area (TPSA) is 47.6 Å². The Morgan fingerprint density at radius 1 is 1.46 bits per heavy atom. The second-order valence-corrected chi connectivity index (χ2v) is 3.15. The monoisotopic (exact) mass is 187 g/mol. The van der Waals surface area contributed by atoms with Crippen LogP contribution in [-0.2, 0) is 14.3 Å². The first-order valence-electron chi connectivity index (χ1n) is 4.76. The molecule has 0 aromatic heterocycles. The summed E-state index contributed by atoms with van der Waals surface area (Å²) in [5, 5.41) is 2.74. The van der Waals surface area contributed by atoms with Crippen LogP contribution in [-0.4, -0.2) is 32.0 Å². The van der Waals surface area contributed by atoms with Crippen molar-refractivity contribution in [2.24, 2.45) is 0 Å². The summed E-state index contributed by atoms with van der Waals surface area (Å²) in [4.78, 5) is 10.5. The standard InChI is InChI=1S/C9H17NO3/c1-8(11)10-5-2-4-9-12-6-3-7-13-9/h9H,2-7H2,1H3,(H,10,11). The van der Waals surface area contributed by atoms with Gasteiger partial charge in [0.1, 0.15) is 0 Å². The summed E-state index contributed by atoms with van der Waals surface area (Å²) in [5.41, 5.74) is 0. The summed E-state index contributed by atoms with van der Waals surface area (Å²) >= 11 is 0. The molecule has 0 atom stereocenters. The first-order valence-corrected chi connectivity index (χ1v) is 4.76. The lowest BCUT2D eigenvalue weighted by atomic mass is 10.3. The third-order valence-corrected chi connectivity index (χ3v) is 1.89. The Bertz CT molecular complexity index is 155. The van der Waals surface area contributed by atoms with Gasteiger partial charge in [0.2, 0.25) is 5.91 Å². The molecule has 1 N–H and O–H groups in total. The van der Waals surface area contributed by atoms with Crippen LogP contribution in [0.2, 0.25) is 0 Å². The minimum atomic E-state index is -0.0532. The van der Waals surface area contributed by atoms with Gasteiger partial charge in [-0.05, 0) is 12.8 Å². The lowest BCUT2D eigenvalue weighted by molar-refractivity contribution is -0.181. The molecular formula is C9H17NO3. The van der Waals surface area contributed by atoms with E-state index in [1.807, 2.05) is 0 Å². The van der Waals surface area contributed by atoms with Gasteiger partial charge in [0.15, 0.2) is 6.29 Å². The molecule has 0 aliphatic carbocycles. The van der Waals surface area contributed by atoms with Crippen LogP contribution >= 0.6 is 0 Å². The van der Waals surface area contributed by atoms with Gasteiger partial charge >= 0.3 is 0 Å². The third kappa shape index (κ3) is 4.85. The number of hydrogen-bond donors (Lipinski definition) is 1. The summed E-state index contributed by atoms with van der Waals surface area (Å²) in [7, 11) is 0. The second kappa shape index (κ2) is 5.94. The van der Waals surface area contributed by atoms with Gasteiger partial charge in [-0.1, -0.05) is 0 Å². The van der Waals surface area contributed by atoms with Crippen LogP contribution in [0.5, 0.6) is 0 Å². The fraction of sp³-hybridized carbons (Fsp3) is 0.889. The first kappa shape index (κ1) is 10.5. The Labute approximate surface area is 78.6 Å². The van der Waals surface area contributed by atoms with Gasteiger partial charge in [-0.15, -0.1) is 0 Å². The zero-order valence-electron chi connectivity index (χ0n) is 8.04. The first-order chi connectivity index (χ1) is 6.29. The quantitative estimate of drug-likeness (QED) is 0.658. The zero-order chi connectivity index (χ0) is 9.52. The molecule has 0 aromatic carbocycles. The van der Waals surface area contributed by atoms with Crippen LogP contribution < -0.4 is 5.32 Å². The van der Waals surface area contributed by atoms with Crippen molar-refractivity contribution in [2.45, 2.75) is 32.5 Å². The number of nitrogens with one attached hydrogen (secondary N) is 1. The van der Waals surface area contributed by atoms with Crippen molar-refractivity contribution in [1.29, 1.82) is 0 Å². The molecule has 1 fully saturated rings. The van der Waals surface area contributed by atoms with Gasteiger partial charge in [-0.2, -0.15) is 0 Å². The number of carbonyl (C=O) groups is 1. The zero-order valence-corrected chi connectivity index (χ0v) is 8.04. The molecule has 0 bridgehead atoms. The minimum Gasteiger partial charge on any atom is -0.356 e. The predicted molar refractivity (Wildman–Crippen MR) is 48.2 cm³/mol. The highest BCUT2D eigenvalue weighted by Gasteiger charge is 2.12. The average Bonchev–Trinajstić information content (AvgIpc) is 2.14. The van der Waals surface area contributed by atoms with Gasteiger partial charge in [0.05, 0.1) is 13.2 Å². The molecule has 1 amide bonds. The maximum Gasteiger partial charge on any atom is 0.216 e. The molecule has 4 nitrogen and oxygen atoms in total. The lowest BCUT2D eigenvalue weighted by Gasteiger charge is -2.22. The van der Waals surface area contributed by atoms with Gasteiger partial charge in [-0.3, -0.25) is 4.79 Å². The molecule has 0 saturated carbocycles. The van der Waals surface area contributed by atoms with E-state index in [1.165, 1.54) is 6.92 Å². The number of hydrogen-bond acceptors (Lipinski definition) is 3. The van der Waals surface area contributed by atoms with E-state index in [-0.39, 0.29) is 12.2 Å². The van der Waals surface area contributed by atoms with Gasteiger partial charge < -0.3 is 14.8 Å². The van der Waals surface area contributed by atoms with Crippen molar-refractivity contribution >= 4 is 5.91 Å². The SMILES string of the molecule is CC(=O)NCCCC1OCCCO1. The number of amides is 1. The normalized spacial score (nSPS) is 18.5. The largest absolute Gasteiger partial charge is 0.356 e. The number of rotatable bonds is 4. The highest BCUT2D eigenvalue weighted by atomic mass is 16.7. The Morgan fingerprint density at radius 2 is 2.15 bits per heavy atom. The minimum absolute atomic E-state index is 0.0190. The van der Waals surface area contributed by atoms with E-state index < -0.39 is 0 Å². The van der Waals surface area contributed by atoms with Crippen molar-refractivity contribution in [3.63, 3.8) is 0 Å². The van der Waals surface area contributed by atoms with E-state index in [9.17, 15) is 4.79 Å².